The molecule has 0 aliphatic carbocycles. The van der Waals surface area contributed by atoms with Crippen LogP contribution in [0, 0.1) is 5.92 Å². The Morgan fingerprint density at radius 1 is 1.13 bits per heavy atom. The topological polar surface area (TPSA) is 77.5 Å². The second-order valence-corrected chi connectivity index (χ2v) is 9.66. The van der Waals surface area contributed by atoms with Gasteiger partial charge in [0, 0.05) is 52.9 Å². The summed E-state index contributed by atoms with van der Waals surface area (Å²) in [5.74, 6) is 2.30. The molecule has 0 radical (unpaired) electrons. The number of methoxy groups -OCH3 is 1. The molecule has 2 saturated heterocycles. The predicted molar refractivity (Wildman–Crippen MR) is 133 cm³/mol. The average molecular weight is 551 g/mol. The van der Waals surface area contributed by atoms with Crippen molar-refractivity contribution >= 4 is 45.6 Å². The zero-order chi connectivity index (χ0) is 20.9. The summed E-state index contributed by atoms with van der Waals surface area (Å²) in [5.41, 5.74) is 1.13. The van der Waals surface area contributed by atoms with Gasteiger partial charge in [-0.05, 0) is 30.9 Å². The van der Waals surface area contributed by atoms with Crippen LogP contribution in [-0.4, -0.2) is 89.8 Å². The number of ether oxygens (including phenoxy) is 1. The first-order chi connectivity index (χ1) is 13.9. The predicted octanol–water partition coefficient (Wildman–Crippen LogP) is 1.68. The third kappa shape index (κ3) is 6.36. The highest BCUT2D eigenvalue weighted by atomic mass is 127. The number of aliphatic imine (C=N–C) groups is 1. The van der Waals surface area contributed by atoms with E-state index in [0.717, 1.165) is 63.0 Å². The average Bonchev–Trinajstić information content (AvgIpc) is 2.74. The van der Waals surface area contributed by atoms with Crippen LogP contribution in [0.4, 0.5) is 5.69 Å². The molecule has 8 nitrogen and oxygen atoms in total. The fourth-order valence-corrected chi connectivity index (χ4v) is 4.94. The molecule has 2 aliphatic heterocycles. The van der Waals surface area contributed by atoms with E-state index in [2.05, 4.69) is 26.2 Å². The van der Waals surface area contributed by atoms with Gasteiger partial charge in [-0.25, -0.2) is 12.7 Å². The maximum Gasteiger partial charge on any atom is 0.211 e. The van der Waals surface area contributed by atoms with Gasteiger partial charge in [0.1, 0.15) is 5.75 Å². The second kappa shape index (κ2) is 11.4. The Morgan fingerprint density at radius 2 is 1.77 bits per heavy atom. The number of benzene rings is 1. The van der Waals surface area contributed by atoms with Crippen LogP contribution in [0.5, 0.6) is 5.75 Å². The quantitative estimate of drug-likeness (QED) is 0.341. The van der Waals surface area contributed by atoms with E-state index in [4.69, 9.17) is 4.74 Å². The van der Waals surface area contributed by atoms with Crippen molar-refractivity contribution in [3.8, 4) is 5.75 Å². The smallest absolute Gasteiger partial charge is 0.211 e. The van der Waals surface area contributed by atoms with Gasteiger partial charge < -0.3 is 19.9 Å². The van der Waals surface area contributed by atoms with E-state index in [1.54, 1.807) is 11.4 Å². The van der Waals surface area contributed by atoms with Gasteiger partial charge in [0.05, 0.1) is 19.1 Å². The lowest BCUT2D eigenvalue weighted by Crippen LogP contribution is -2.53. The van der Waals surface area contributed by atoms with Crippen molar-refractivity contribution in [1.82, 2.24) is 14.5 Å². The Bertz CT molecular complexity index is 804. The molecule has 0 atom stereocenters. The van der Waals surface area contributed by atoms with E-state index in [1.165, 1.54) is 6.26 Å². The Hall–Kier alpha value is -1.27. The van der Waals surface area contributed by atoms with Gasteiger partial charge >= 0.3 is 0 Å². The van der Waals surface area contributed by atoms with Crippen molar-refractivity contribution in [2.75, 3.05) is 71.1 Å². The van der Waals surface area contributed by atoms with Crippen LogP contribution in [0.2, 0.25) is 0 Å². The Morgan fingerprint density at radius 3 is 2.33 bits per heavy atom. The molecule has 170 valence electrons. The van der Waals surface area contributed by atoms with Crippen LogP contribution in [0.15, 0.2) is 29.3 Å². The molecular formula is C20H34IN5O3S. The minimum Gasteiger partial charge on any atom is -0.495 e. The first kappa shape index (κ1) is 25.0. The summed E-state index contributed by atoms with van der Waals surface area (Å²) < 4.78 is 30.4. The molecule has 2 fully saturated rings. The summed E-state index contributed by atoms with van der Waals surface area (Å²) >= 11 is 0. The fraction of sp³-hybridized carbons (Fsp3) is 0.650. The molecule has 1 N–H and O–H groups in total. The number of nitrogens with zero attached hydrogens (tertiary/aromatic N) is 4. The zero-order valence-corrected chi connectivity index (χ0v) is 21.2. The molecule has 0 unspecified atom stereocenters. The summed E-state index contributed by atoms with van der Waals surface area (Å²) in [6.45, 7) is 5.66. The number of halogens is 1. The van der Waals surface area contributed by atoms with Crippen LogP contribution >= 0.6 is 24.0 Å². The second-order valence-electron chi connectivity index (χ2n) is 7.68. The molecule has 0 spiro atoms. The van der Waals surface area contributed by atoms with Crippen LogP contribution in [0.1, 0.15) is 12.8 Å². The van der Waals surface area contributed by atoms with E-state index in [9.17, 15) is 8.42 Å². The lowest BCUT2D eigenvalue weighted by atomic mass is 9.98. The highest BCUT2D eigenvalue weighted by Gasteiger charge is 2.26. The van der Waals surface area contributed by atoms with Gasteiger partial charge in [-0.15, -0.1) is 24.0 Å². The van der Waals surface area contributed by atoms with Crippen molar-refractivity contribution < 1.29 is 13.2 Å². The van der Waals surface area contributed by atoms with Crippen molar-refractivity contribution in [2.45, 2.75) is 12.8 Å². The number of hydrogen-bond acceptors (Lipinski definition) is 5. The molecule has 1 aromatic rings. The highest BCUT2D eigenvalue weighted by Crippen LogP contribution is 2.28. The number of rotatable bonds is 5. The lowest BCUT2D eigenvalue weighted by Gasteiger charge is -2.38. The molecular weight excluding hydrogens is 517 g/mol. The number of anilines is 1. The monoisotopic (exact) mass is 551 g/mol. The number of piperazine rings is 1. The molecule has 0 saturated carbocycles. The van der Waals surface area contributed by atoms with E-state index in [-0.39, 0.29) is 24.0 Å². The zero-order valence-electron chi connectivity index (χ0n) is 18.1. The Kier molecular flexibility index (Phi) is 9.48. The summed E-state index contributed by atoms with van der Waals surface area (Å²) in [5, 5.41) is 3.50. The molecule has 0 amide bonds. The van der Waals surface area contributed by atoms with Crippen molar-refractivity contribution in [3.63, 3.8) is 0 Å². The van der Waals surface area contributed by atoms with Gasteiger partial charge in [-0.3, -0.25) is 4.99 Å². The standard InChI is InChI=1S/C20H33N5O3S.HI/c1-21-20(22-16-17-8-10-25(11-9-17)29(3,26)27)24-14-12-23(13-15-24)18-6-4-5-7-19(18)28-2;/h4-7,17H,8-16H2,1-3H3,(H,21,22);1H. The molecule has 2 heterocycles. The normalized spacial score (nSPS) is 19.4. The first-order valence-electron chi connectivity index (χ1n) is 10.2. The van der Waals surface area contributed by atoms with Crippen LogP contribution in [0.25, 0.3) is 0 Å². The molecule has 2 aliphatic rings. The maximum atomic E-state index is 11.7. The third-order valence-electron chi connectivity index (χ3n) is 5.81. The van der Waals surface area contributed by atoms with Crippen LogP contribution < -0.4 is 15.0 Å². The van der Waals surface area contributed by atoms with Gasteiger partial charge in [0.2, 0.25) is 10.0 Å². The maximum absolute atomic E-state index is 11.7. The highest BCUT2D eigenvalue weighted by molar-refractivity contribution is 14.0. The first-order valence-corrected chi connectivity index (χ1v) is 12.1. The molecule has 30 heavy (non-hydrogen) atoms. The lowest BCUT2D eigenvalue weighted by molar-refractivity contribution is 0.271. The minimum absolute atomic E-state index is 0. The molecule has 0 aromatic heterocycles. The molecule has 0 bridgehead atoms. The van der Waals surface area contributed by atoms with Gasteiger partial charge in [-0.1, -0.05) is 12.1 Å². The van der Waals surface area contributed by atoms with E-state index in [0.29, 0.717) is 19.0 Å². The number of hydrogen-bond donors (Lipinski definition) is 1. The van der Waals surface area contributed by atoms with E-state index < -0.39 is 10.0 Å². The number of para-hydroxylation sites is 2. The van der Waals surface area contributed by atoms with E-state index >= 15 is 0 Å². The third-order valence-corrected chi connectivity index (χ3v) is 7.11. The fourth-order valence-electron chi connectivity index (χ4n) is 4.06. The van der Waals surface area contributed by atoms with Crippen molar-refractivity contribution in [3.05, 3.63) is 24.3 Å². The molecule has 10 heteroatoms. The van der Waals surface area contributed by atoms with Crippen LogP contribution in [0.3, 0.4) is 0 Å². The van der Waals surface area contributed by atoms with Gasteiger partial charge in [0.25, 0.3) is 0 Å². The van der Waals surface area contributed by atoms with Crippen molar-refractivity contribution in [1.29, 1.82) is 0 Å². The number of sulfonamides is 1. The summed E-state index contributed by atoms with van der Waals surface area (Å²) in [6.07, 6.45) is 3.06. The summed E-state index contributed by atoms with van der Waals surface area (Å²) in [7, 11) is 0.462. The molecule has 1 aromatic carbocycles. The van der Waals surface area contributed by atoms with Crippen molar-refractivity contribution in [2.24, 2.45) is 10.9 Å². The van der Waals surface area contributed by atoms with Crippen LogP contribution in [-0.2, 0) is 10.0 Å². The van der Waals surface area contributed by atoms with Gasteiger partial charge in [-0.2, -0.15) is 0 Å². The number of piperidine rings is 1. The summed E-state index contributed by atoms with van der Waals surface area (Å²) in [6, 6.07) is 8.13. The molecule has 3 rings (SSSR count). The van der Waals surface area contributed by atoms with Gasteiger partial charge in [0.15, 0.2) is 5.96 Å². The number of guanidine groups is 1. The number of nitrogens with one attached hydrogen (secondary N) is 1. The largest absolute Gasteiger partial charge is 0.495 e. The minimum atomic E-state index is -3.07. The Labute approximate surface area is 197 Å². The summed E-state index contributed by atoms with van der Waals surface area (Å²) in [4.78, 5) is 9.10. The van der Waals surface area contributed by atoms with E-state index in [1.807, 2.05) is 25.2 Å². The Balaban J connectivity index is 0.00000320. The SMILES string of the molecule is CN=C(NCC1CCN(S(C)(=O)=O)CC1)N1CCN(c2ccccc2OC)CC1.I.